The molecule has 1 aliphatic rings. The van der Waals surface area contributed by atoms with E-state index in [0.717, 1.165) is 18.4 Å². The molecule has 0 saturated heterocycles. The van der Waals surface area contributed by atoms with E-state index in [2.05, 4.69) is 5.32 Å². The van der Waals surface area contributed by atoms with Crippen molar-refractivity contribution in [2.45, 2.75) is 25.0 Å². The van der Waals surface area contributed by atoms with Gasteiger partial charge in [0.2, 0.25) is 0 Å². The summed E-state index contributed by atoms with van der Waals surface area (Å²) in [6, 6.07) is 12.7. The third-order valence-corrected chi connectivity index (χ3v) is 4.28. The molecule has 2 aromatic carbocycles. The number of carbonyl (C=O) groups is 1. The highest BCUT2D eigenvalue weighted by Crippen LogP contribution is 2.41. The van der Waals surface area contributed by atoms with Gasteiger partial charge in [-0.15, -0.1) is 0 Å². The lowest BCUT2D eigenvalue weighted by atomic mass is 10.0. The van der Waals surface area contributed by atoms with Crippen molar-refractivity contribution in [2.75, 3.05) is 7.11 Å². The van der Waals surface area contributed by atoms with Gasteiger partial charge in [-0.3, -0.25) is 4.79 Å². The Labute approximate surface area is 140 Å². The number of carbonyl (C=O) groups excluding carboxylic acids is 1. The van der Waals surface area contributed by atoms with Gasteiger partial charge in [0.1, 0.15) is 11.6 Å². The highest BCUT2D eigenvalue weighted by atomic mass is 19.1. The van der Waals surface area contributed by atoms with Gasteiger partial charge >= 0.3 is 0 Å². The number of benzene rings is 2. The molecule has 2 unspecified atom stereocenters. The second-order valence-corrected chi connectivity index (χ2v) is 6.05. The summed E-state index contributed by atoms with van der Waals surface area (Å²) >= 11 is 0. The molecule has 2 aromatic rings. The van der Waals surface area contributed by atoms with Crippen LogP contribution < -0.4 is 10.1 Å². The van der Waals surface area contributed by atoms with Crippen molar-refractivity contribution < 1.29 is 19.0 Å². The topological polar surface area (TPSA) is 58.6 Å². The van der Waals surface area contributed by atoms with Gasteiger partial charge in [-0.25, -0.2) is 4.39 Å². The molecule has 0 aliphatic heterocycles. The van der Waals surface area contributed by atoms with E-state index in [-0.39, 0.29) is 11.9 Å². The van der Waals surface area contributed by atoms with Gasteiger partial charge in [0.25, 0.3) is 5.91 Å². The van der Waals surface area contributed by atoms with Gasteiger partial charge in [0, 0.05) is 0 Å². The van der Waals surface area contributed by atoms with Crippen LogP contribution in [0, 0.1) is 11.7 Å². The minimum absolute atomic E-state index is 0.210. The molecule has 3 rings (SSSR count). The largest absolute Gasteiger partial charge is 0.497 e. The number of amides is 1. The van der Waals surface area contributed by atoms with Crippen LogP contribution in [0.2, 0.25) is 0 Å². The number of aliphatic hydroxyl groups is 1. The van der Waals surface area contributed by atoms with Gasteiger partial charge in [0.05, 0.1) is 13.2 Å². The lowest BCUT2D eigenvalue weighted by Gasteiger charge is -2.21. The summed E-state index contributed by atoms with van der Waals surface area (Å²) in [5, 5.41) is 13.2. The quantitative estimate of drug-likeness (QED) is 0.856. The van der Waals surface area contributed by atoms with Crippen molar-refractivity contribution in [1.82, 2.24) is 5.32 Å². The molecule has 126 valence electrons. The summed E-state index contributed by atoms with van der Waals surface area (Å²) in [5.41, 5.74) is 1.32. The second-order valence-electron chi connectivity index (χ2n) is 6.05. The highest BCUT2D eigenvalue weighted by Gasteiger charge is 2.34. The Kier molecular flexibility index (Phi) is 4.81. The highest BCUT2D eigenvalue weighted by molar-refractivity contribution is 5.82. The molecule has 1 saturated carbocycles. The van der Waals surface area contributed by atoms with Gasteiger partial charge in [-0.1, -0.05) is 24.3 Å². The van der Waals surface area contributed by atoms with Gasteiger partial charge in [-0.05, 0) is 54.2 Å². The summed E-state index contributed by atoms with van der Waals surface area (Å²) < 4.78 is 18.2. The standard InChI is InChI=1S/C19H20FNO3/c1-24-16-4-2-3-14(11-16)18(22)19(23)21-17(12-5-6-12)13-7-9-15(20)10-8-13/h2-4,7-12,17-18,22H,5-6H2,1H3,(H,21,23). The molecule has 2 N–H and O–H groups in total. The van der Waals surface area contributed by atoms with Crippen molar-refractivity contribution in [1.29, 1.82) is 0 Å². The van der Waals surface area contributed by atoms with E-state index in [1.165, 1.54) is 19.2 Å². The molecule has 1 amide bonds. The number of halogens is 1. The predicted octanol–water partition coefficient (Wildman–Crippen LogP) is 3.14. The maximum atomic E-state index is 13.1. The molecule has 2 atom stereocenters. The normalized spacial score (nSPS) is 16.3. The fraction of sp³-hybridized carbons (Fsp3) is 0.316. The van der Waals surface area contributed by atoms with Crippen LogP contribution in [0.15, 0.2) is 48.5 Å². The van der Waals surface area contributed by atoms with Crippen molar-refractivity contribution in [3.63, 3.8) is 0 Å². The fourth-order valence-corrected chi connectivity index (χ4v) is 2.77. The zero-order valence-electron chi connectivity index (χ0n) is 13.4. The number of aliphatic hydroxyl groups excluding tert-OH is 1. The van der Waals surface area contributed by atoms with Gasteiger partial charge < -0.3 is 15.2 Å². The summed E-state index contributed by atoms with van der Waals surface area (Å²) in [6.07, 6.45) is 0.747. The van der Waals surface area contributed by atoms with E-state index in [0.29, 0.717) is 17.2 Å². The number of nitrogens with one attached hydrogen (secondary N) is 1. The molecular formula is C19H20FNO3. The SMILES string of the molecule is COc1cccc(C(O)C(=O)NC(c2ccc(F)cc2)C2CC2)c1. The zero-order chi connectivity index (χ0) is 17.1. The first-order valence-corrected chi connectivity index (χ1v) is 7.96. The zero-order valence-corrected chi connectivity index (χ0v) is 13.4. The average molecular weight is 329 g/mol. The number of ether oxygens (including phenoxy) is 1. The second kappa shape index (κ2) is 7.01. The van der Waals surface area contributed by atoms with E-state index in [4.69, 9.17) is 4.74 Å². The number of rotatable bonds is 6. The lowest BCUT2D eigenvalue weighted by molar-refractivity contribution is -0.130. The average Bonchev–Trinajstić information content (AvgIpc) is 3.44. The van der Waals surface area contributed by atoms with Crippen molar-refractivity contribution in [3.8, 4) is 5.75 Å². The maximum absolute atomic E-state index is 13.1. The Hall–Kier alpha value is -2.40. The van der Waals surface area contributed by atoms with Crippen molar-refractivity contribution in [2.24, 2.45) is 5.92 Å². The Balaban J connectivity index is 1.74. The first-order chi connectivity index (χ1) is 11.6. The van der Waals surface area contributed by atoms with Crippen LogP contribution in [0.4, 0.5) is 4.39 Å². The smallest absolute Gasteiger partial charge is 0.253 e. The Morgan fingerprint density at radius 3 is 2.54 bits per heavy atom. The van der Waals surface area contributed by atoms with E-state index >= 15 is 0 Å². The Morgan fingerprint density at radius 1 is 1.21 bits per heavy atom. The van der Waals surface area contributed by atoms with Crippen LogP contribution in [0.3, 0.4) is 0 Å². The molecule has 5 heteroatoms. The summed E-state index contributed by atoms with van der Waals surface area (Å²) in [6.45, 7) is 0. The van der Waals surface area contributed by atoms with Gasteiger partial charge in [-0.2, -0.15) is 0 Å². The molecule has 24 heavy (non-hydrogen) atoms. The molecule has 0 spiro atoms. The molecule has 0 radical (unpaired) electrons. The number of hydrogen-bond acceptors (Lipinski definition) is 3. The van der Waals surface area contributed by atoms with E-state index in [1.54, 1.807) is 36.4 Å². The van der Waals surface area contributed by atoms with Crippen LogP contribution in [0.25, 0.3) is 0 Å². The third-order valence-electron chi connectivity index (χ3n) is 4.28. The van der Waals surface area contributed by atoms with E-state index in [1.807, 2.05) is 0 Å². The Bertz CT molecular complexity index is 713. The van der Waals surface area contributed by atoms with Crippen molar-refractivity contribution >= 4 is 5.91 Å². The van der Waals surface area contributed by atoms with Crippen LogP contribution in [0.5, 0.6) is 5.75 Å². The minimum Gasteiger partial charge on any atom is -0.497 e. The van der Waals surface area contributed by atoms with Crippen LogP contribution >= 0.6 is 0 Å². The molecule has 0 bridgehead atoms. The fourth-order valence-electron chi connectivity index (χ4n) is 2.77. The molecule has 4 nitrogen and oxygen atoms in total. The summed E-state index contributed by atoms with van der Waals surface area (Å²) in [4.78, 5) is 12.4. The molecule has 1 aliphatic carbocycles. The van der Waals surface area contributed by atoms with Crippen LogP contribution in [0.1, 0.15) is 36.1 Å². The van der Waals surface area contributed by atoms with Crippen LogP contribution in [-0.4, -0.2) is 18.1 Å². The van der Waals surface area contributed by atoms with Gasteiger partial charge in [0.15, 0.2) is 6.10 Å². The lowest BCUT2D eigenvalue weighted by Crippen LogP contribution is -2.34. The molecule has 0 aromatic heterocycles. The third kappa shape index (κ3) is 3.74. The first-order valence-electron chi connectivity index (χ1n) is 7.96. The number of methoxy groups -OCH3 is 1. The van der Waals surface area contributed by atoms with Crippen LogP contribution in [-0.2, 0) is 4.79 Å². The van der Waals surface area contributed by atoms with Crippen molar-refractivity contribution in [3.05, 3.63) is 65.5 Å². The maximum Gasteiger partial charge on any atom is 0.253 e. The first kappa shape index (κ1) is 16.5. The summed E-state index contributed by atoms with van der Waals surface area (Å²) in [5.74, 6) is 0.133. The van der Waals surface area contributed by atoms with E-state index < -0.39 is 12.0 Å². The minimum atomic E-state index is -1.28. The molecule has 0 heterocycles. The molecule has 1 fully saturated rings. The molecular weight excluding hydrogens is 309 g/mol. The number of hydrogen-bond donors (Lipinski definition) is 2. The Morgan fingerprint density at radius 2 is 1.92 bits per heavy atom. The summed E-state index contributed by atoms with van der Waals surface area (Å²) in [7, 11) is 1.53. The van der Waals surface area contributed by atoms with E-state index in [9.17, 15) is 14.3 Å². The monoisotopic (exact) mass is 329 g/mol. The predicted molar refractivity (Wildman–Crippen MR) is 88.0 cm³/mol.